The molecule has 0 fully saturated rings. The van der Waals surface area contributed by atoms with Crippen LogP contribution >= 0.6 is 0 Å². The van der Waals surface area contributed by atoms with Gasteiger partial charge in [-0.25, -0.2) is 8.91 Å². The average Bonchev–Trinajstić information content (AvgIpc) is 2.92. The zero-order valence-electron chi connectivity index (χ0n) is 9.68. The Kier molecular flexibility index (Phi) is 2.44. The number of fused-ring (bicyclic) bond motifs is 1. The number of pyridine rings is 1. The van der Waals surface area contributed by atoms with Crippen LogP contribution in [-0.4, -0.2) is 24.8 Å². The minimum Gasteiger partial charge on any atom is -0.349 e. The maximum atomic E-state index is 13.0. The highest BCUT2D eigenvalue weighted by Crippen LogP contribution is 2.09. The quantitative estimate of drug-likeness (QED) is 0.735. The molecule has 0 aliphatic carbocycles. The Morgan fingerprint density at radius 3 is 3.11 bits per heavy atom. The minimum atomic E-state index is -0.343. The van der Waals surface area contributed by atoms with Crippen molar-refractivity contribution in [3.8, 4) is 0 Å². The van der Waals surface area contributed by atoms with Crippen molar-refractivity contribution in [3.63, 3.8) is 0 Å². The van der Waals surface area contributed by atoms with E-state index in [1.54, 1.807) is 12.3 Å². The number of aromatic nitrogens is 5. The van der Waals surface area contributed by atoms with Gasteiger partial charge >= 0.3 is 0 Å². The SMILES string of the molecule is Cc1[nH]ncc1CNc1nc2ccc(F)cn2n1. The number of nitrogens with zero attached hydrogens (tertiary/aromatic N) is 4. The van der Waals surface area contributed by atoms with Gasteiger partial charge in [-0.15, -0.1) is 5.10 Å². The van der Waals surface area contributed by atoms with Gasteiger partial charge in [0.25, 0.3) is 0 Å². The molecular formula is C11H11FN6. The predicted octanol–water partition coefficient (Wildman–Crippen LogP) is 1.51. The molecule has 0 atom stereocenters. The molecule has 3 rings (SSSR count). The molecule has 0 saturated heterocycles. The zero-order chi connectivity index (χ0) is 12.5. The molecule has 0 aliphatic heterocycles. The number of nitrogens with one attached hydrogen (secondary N) is 2. The number of H-pyrrole nitrogens is 1. The van der Waals surface area contributed by atoms with Crippen LogP contribution in [0.2, 0.25) is 0 Å². The van der Waals surface area contributed by atoms with E-state index in [1.807, 2.05) is 6.92 Å². The van der Waals surface area contributed by atoms with Gasteiger partial charge in [0.2, 0.25) is 5.95 Å². The molecule has 18 heavy (non-hydrogen) atoms. The molecule has 0 amide bonds. The van der Waals surface area contributed by atoms with E-state index in [-0.39, 0.29) is 5.82 Å². The summed E-state index contributed by atoms with van der Waals surface area (Å²) in [4.78, 5) is 4.23. The first-order valence-electron chi connectivity index (χ1n) is 5.47. The number of aryl methyl sites for hydroxylation is 1. The smallest absolute Gasteiger partial charge is 0.243 e. The molecular weight excluding hydrogens is 235 g/mol. The van der Waals surface area contributed by atoms with Crippen LogP contribution in [0.15, 0.2) is 24.5 Å². The van der Waals surface area contributed by atoms with Crippen molar-refractivity contribution >= 4 is 11.6 Å². The van der Waals surface area contributed by atoms with Crippen LogP contribution in [-0.2, 0) is 6.54 Å². The number of anilines is 1. The van der Waals surface area contributed by atoms with Gasteiger partial charge < -0.3 is 5.32 Å². The molecule has 6 nitrogen and oxygen atoms in total. The molecule has 92 valence electrons. The van der Waals surface area contributed by atoms with Crippen molar-refractivity contribution in [2.75, 3.05) is 5.32 Å². The van der Waals surface area contributed by atoms with Crippen LogP contribution in [0.5, 0.6) is 0 Å². The lowest BCUT2D eigenvalue weighted by atomic mass is 10.3. The topological polar surface area (TPSA) is 70.9 Å². The first-order chi connectivity index (χ1) is 8.72. The monoisotopic (exact) mass is 246 g/mol. The van der Waals surface area contributed by atoms with E-state index < -0.39 is 0 Å². The number of hydrogen-bond acceptors (Lipinski definition) is 4. The van der Waals surface area contributed by atoms with Crippen LogP contribution in [0.4, 0.5) is 10.3 Å². The third-order valence-electron chi connectivity index (χ3n) is 2.67. The molecule has 0 aliphatic rings. The normalized spacial score (nSPS) is 11.0. The van der Waals surface area contributed by atoms with Gasteiger partial charge in [0.05, 0.1) is 12.4 Å². The van der Waals surface area contributed by atoms with Crippen molar-refractivity contribution < 1.29 is 4.39 Å². The molecule has 0 bridgehead atoms. The van der Waals surface area contributed by atoms with Crippen molar-refractivity contribution in [1.82, 2.24) is 24.8 Å². The molecule has 0 unspecified atom stereocenters. The summed E-state index contributed by atoms with van der Waals surface area (Å²) in [5.74, 6) is 0.117. The molecule has 0 aromatic carbocycles. The summed E-state index contributed by atoms with van der Waals surface area (Å²) >= 11 is 0. The highest BCUT2D eigenvalue weighted by Gasteiger charge is 2.05. The molecule has 7 heteroatoms. The van der Waals surface area contributed by atoms with E-state index in [1.165, 1.54) is 16.8 Å². The van der Waals surface area contributed by atoms with Crippen molar-refractivity contribution in [2.45, 2.75) is 13.5 Å². The van der Waals surface area contributed by atoms with E-state index >= 15 is 0 Å². The Balaban J connectivity index is 1.81. The van der Waals surface area contributed by atoms with Crippen LogP contribution in [0.3, 0.4) is 0 Å². The third-order valence-corrected chi connectivity index (χ3v) is 2.67. The van der Waals surface area contributed by atoms with E-state index in [9.17, 15) is 4.39 Å². The second-order valence-electron chi connectivity index (χ2n) is 3.96. The lowest BCUT2D eigenvalue weighted by Gasteiger charge is -1.99. The summed E-state index contributed by atoms with van der Waals surface area (Å²) < 4.78 is 14.4. The number of rotatable bonds is 3. The first-order valence-corrected chi connectivity index (χ1v) is 5.47. The average molecular weight is 246 g/mol. The summed E-state index contributed by atoms with van der Waals surface area (Å²) in [6.45, 7) is 2.51. The number of hydrogen-bond donors (Lipinski definition) is 2. The lowest BCUT2D eigenvalue weighted by molar-refractivity contribution is 0.615. The number of halogens is 1. The Morgan fingerprint density at radius 2 is 2.33 bits per heavy atom. The van der Waals surface area contributed by atoms with Crippen LogP contribution in [0, 0.1) is 12.7 Å². The van der Waals surface area contributed by atoms with Gasteiger partial charge in [-0.2, -0.15) is 10.1 Å². The molecule has 2 N–H and O–H groups in total. The molecule has 3 aromatic rings. The number of aromatic amines is 1. The van der Waals surface area contributed by atoms with Gasteiger partial charge in [0, 0.05) is 17.8 Å². The minimum absolute atomic E-state index is 0.343. The maximum absolute atomic E-state index is 13.0. The molecule has 3 aromatic heterocycles. The summed E-state index contributed by atoms with van der Waals surface area (Å²) in [5.41, 5.74) is 2.64. The van der Waals surface area contributed by atoms with Gasteiger partial charge in [0.15, 0.2) is 5.65 Å². The van der Waals surface area contributed by atoms with Gasteiger partial charge in [-0.3, -0.25) is 5.10 Å². The van der Waals surface area contributed by atoms with Crippen LogP contribution in [0.1, 0.15) is 11.3 Å². The van der Waals surface area contributed by atoms with E-state index in [0.717, 1.165) is 11.3 Å². The first kappa shape index (κ1) is 10.7. The fraction of sp³-hybridized carbons (Fsp3) is 0.182. The van der Waals surface area contributed by atoms with E-state index in [0.29, 0.717) is 18.1 Å². The maximum Gasteiger partial charge on any atom is 0.243 e. The van der Waals surface area contributed by atoms with E-state index in [4.69, 9.17) is 0 Å². The Bertz CT molecular complexity index is 686. The molecule has 3 heterocycles. The summed E-state index contributed by atoms with van der Waals surface area (Å²) in [5, 5.41) is 14.0. The second kappa shape index (κ2) is 4.10. The lowest BCUT2D eigenvalue weighted by Crippen LogP contribution is -2.01. The molecule has 0 saturated carbocycles. The van der Waals surface area contributed by atoms with Crippen LogP contribution < -0.4 is 5.32 Å². The Hall–Kier alpha value is -2.44. The van der Waals surface area contributed by atoms with Gasteiger partial charge in [-0.1, -0.05) is 0 Å². The van der Waals surface area contributed by atoms with Crippen molar-refractivity contribution in [2.24, 2.45) is 0 Å². The zero-order valence-corrected chi connectivity index (χ0v) is 9.68. The molecule has 0 spiro atoms. The summed E-state index contributed by atoms with van der Waals surface area (Å²) in [7, 11) is 0. The van der Waals surface area contributed by atoms with Crippen molar-refractivity contribution in [1.29, 1.82) is 0 Å². The van der Waals surface area contributed by atoms with Gasteiger partial charge in [-0.05, 0) is 19.1 Å². The highest BCUT2D eigenvalue weighted by atomic mass is 19.1. The third kappa shape index (κ3) is 1.90. The fourth-order valence-corrected chi connectivity index (χ4v) is 1.66. The fourth-order valence-electron chi connectivity index (χ4n) is 1.66. The predicted molar refractivity (Wildman–Crippen MR) is 63.6 cm³/mol. The summed E-state index contributed by atoms with van der Waals surface area (Å²) in [6.07, 6.45) is 3.04. The van der Waals surface area contributed by atoms with Gasteiger partial charge in [0.1, 0.15) is 5.82 Å². The highest BCUT2D eigenvalue weighted by molar-refractivity contribution is 5.43. The largest absolute Gasteiger partial charge is 0.349 e. The second-order valence-corrected chi connectivity index (χ2v) is 3.96. The summed E-state index contributed by atoms with van der Waals surface area (Å²) in [6, 6.07) is 2.94. The van der Waals surface area contributed by atoms with Crippen molar-refractivity contribution in [3.05, 3.63) is 41.6 Å². The van der Waals surface area contributed by atoms with E-state index in [2.05, 4.69) is 25.6 Å². The van der Waals surface area contributed by atoms with Crippen LogP contribution in [0.25, 0.3) is 5.65 Å². The Labute approximate surface area is 102 Å². The molecule has 0 radical (unpaired) electrons. The Morgan fingerprint density at radius 1 is 1.44 bits per heavy atom. The standard InChI is InChI=1S/C11H11FN6/c1-7-8(5-14-16-7)4-13-11-15-10-3-2-9(12)6-18(10)17-11/h2-3,5-6H,4H2,1H3,(H,13,17)(H,14,16).